The van der Waals surface area contributed by atoms with Crippen molar-refractivity contribution in [2.75, 3.05) is 17.7 Å². The Bertz CT molecular complexity index is 1060. The van der Waals surface area contributed by atoms with E-state index < -0.39 is 24.2 Å². The molecule has 0 radical (unpaired) electrons. The van der Waals surface area contributed by atoms with Crippen molar-refractivity contribution in [3.05, 3.63) is 59.7 Å². The molecule has 3 aromatic rings. The van der Waals surface area contributed by atoms with Crippen LogP contribution in [0.15, 0.2) is 47.1 Å². The summed E-state index contributed by atoms with van der Waals surface area (Å²) in [5.41, 5.74) is 1.14. The van der Waals surface area contributed by atoms with Gasteiger partial charge in [0.15, 0.2) is 11.7 Å². The number of benzene rings is 1. The minimum atomic E-state index is -4.53. The van der Waals surface area contributed by atoms with Crippen LogP contribution in [0.2, 0.25) is 0 Å². The number of nitrogens with zero attached hydrogens (tertiary/aromatic N) is 2. The van der Waals surface area contributed by atoms with Gasteiger partial charge in [0.1, 0.15) is 17.3 Å². The number of nitrogens with one attached hydrogen (secondary N) is 2. The molecule has 0 fully saturated rings. The molecule has 1 aromatic carbocycles. The standard InChI is InChI=1S/C20H19F3N4O3/c1-11-8-12(29-2)5-6-13(11)25-19(28)15-10-18-24-14(16-4-3-7-30-16)9-17(20(21,22)23)27(18)26-15/h3-8,10,14,17,24H,9H2,1-2H3,(H,25,28)/t14-,17-/m0/s1. The van der Waals surface area contributed by atoms with E-state index in [2.05, 4.69) is 15.7 Å². The fourth-order valence-electron chi connectivity index (χ4n) is 3.45. The number of amides is 1. The molecule has 3 heterocycles. The molecule has 7 nitrogen and oxygen atoms in total. The van der Waals surface area contributed by atoms with E-state index in [4.69, 9.17) is 9.15 Å². The molecule has 0 spiro atoms. The number of halogens is 3. The molecule has 2 aromatic heterocycles. The number of fused-ring (bicyclic) bond motifs is 1. The summed E-state index contributed by atoms with van der Waals surface area (Å²) in [6.45, 7) is 1.78. The smallest absolute Gasteiger partial charge is 0.410 e. The second kappa shape index (κ2) is 7.43. The van der Waals surface area contributed by atoms with Gasteiger partial charge < -0.3 is 19.8 Å². The first-order valence-corrected chi connectivity index (χ1v) is 9.18. The van der Waals surface area contributed by atoms with E-state index >= 15 is 0 Å². The fraction of sp³-hybridized carbons (Fsp3) is 0.300. The van der Waals surface area contributed by atoms with E-state index in [1.165, 1.54) is 19.4 Å². The van der Waals surface area contributed by atoms with Crippen molar-refractivity contribution < 1.29 is 27.1 Å². The number of furan rings is 1. The van der Waals surface area contributed by atoms with E-state index in [-0.39, 0.29) is 17.9 Å². The van der Waals surface area contributed by atoms with Crippen LogP contribution in [-0.2, 0) is 0 Å². The molecule has 0 saturated heterocycles. The lowest BCUT2D eigenvalue weighted by Gasteiger charge is -2.32. The monoisotopic (exact) mass is 420 g/mol. The average molecular weight is 420 g/mol. The Labute approximate surface area is 169 Å². The topological polar surface area (TPSA) is 81.3 Å². The highest BCUT2D eigenvalue weighted by Gasteiger charge is 2.47. The lowest BCUT2D eigenvalue weighted by atomic mass is 10.0. The summed E-state index contributed by atoms with van der Waals surface area (Å²) >= 11 is 0. The van der Waals surface area contributed by atoms with Crippen molar-refractivity contribution in [3.63, 3.8) is 0 Å². The Morgan fingerprint density at radius 3 is 2.77 bits per heavy atom. The SMILES string of the molecule is COc1ccc(NC(=O)c2cc3n(n2)[C@H](C(F)(F)F)C[C@@H](c2ccco2)N3)c(C)c1. The quantitative estimate of drug-likeness (QED) is 0.639. The van der Waals surface area contributed by atoms with Crippen molar-refractivity contribution in [2.24, 2.45) is 0 Å². The first-order chi connectivity index (χ1) is 14.3. The zero-order valence-corrected chi connectivity index (χ0v) is 16.2. The van der Waals surface area contributed by atoms with Crippen LogP contribution >= 0.6 is 0 Å². The normalized spacial score (nSPS) is 18.4. The first-order valence-electron chi connectivity index (χ1n) is 9.18. The van der Waals surface area contributed by atoms with Gasteiger partial charge in [0.05, 0.1) is 19.4 Å². The third-order valence-electron chi connectivity index (χ3n) is 4.99. The molecule has 1 amide bonds. The van der Waals surface area contributed by atoms with Gasteiger partial charge in [0.2, 0.25) is 0 Å². The first kappa shape index (κ1) is 19.9. The van der Waals surface area contributed by atoms with Gasteiger partial charge in [-0.05, 0) is 42.8 Å². The number of aryl methyl sites for hydroxylation is 1. The minimum Gasteiger partial charge on any atom is -0.497 e. The summed E-state index contributed by atoms with van der Waals surface area (Å²) in [5, 5.41) is 9.60. The Kier molecular flexibility index (Phi) is 4.92. The van der Waals surface area contributed by atoms with E-state index in [0.29, 0.717) is 17.2 Å². The van der Waals surface area contributed by atoms with Crippen LogP contribution in [0.4, 0.5) is 24.7 Å². The van der Waals surface area contributed by atoms with E-state index in [1.807, 2.05) is 0 Å². The summed E-state index contributed by atoms with van der Waals surface area (Å²) < 4.78 is 52.3. The summed E-state index contributed by atoms with van der Waals surface area (Å²) in [6, 6.07) is 7.04. The summed E-state index contributed by atoms with van der Waals surface area (Å²) in [7, 11) is 1.53. The molecule has 2 N–H and O–H groups in total. The fourth-order valence-corrected chi connectivity index (χ4v) is 3.45. The van der Waals surface area contributed by atoms with E-state index in [0.717, 1.165) is 10.2 Å². The van der Waals surface area contributed by atoms with Gasteiger partial charge in [0, 0.05) is 18.2 Å². The third-order valence-corrected chi connectivity index (χ3v) is 4.99. The van der Waals surface area contributed by atoms with E-state index in [1.54, 1.807) is 37.3 Å². The van der Waals surface area contributed by atoms with Crippen molar-refractivity contribution in [1.82, 2.24) is 9.78 Å². The molecule has 0 bridgehead atoms. The second-order valence-corrected chi connectivity index (χ2v) is 7.00. The van der Waals surface area contributed by atoms with Gasteiger partial charge in [0.25, 0.3) is 5.91 Å². The second-order valence-electron chi connectivity index (χ2n) is 7.00. The Morgan fingerprint density at radius 1 is 1.33 bits per heavy atom. The number of aromatic nitrogens is 2. The van der Waals surface area contributed by atoms with Crippen LogP contribution in [0.3, 0.4) is 0 Å². The number of carbonyl (C=O) groups is 1. The predicted molar refractivity (Wildman–Crippen MR) is 103 cm³/mol. The molecule has 158 valence electrons. The molecular formula is C20H19F3N4O3. The van der Waals surface area contributed by atoms with Crippen LogP contribution in [-0.4, -0.2) is 29.0 Å². The maximum atomic E-state index is 13.7. The number of ether oxygens (including phenoxy) is 1. The maximum Gasteiger partial charge on any atom is 0.410 e. The highest BCUT2D eigenvalue weighted by atomic mass is 19.4. The number of rotatable bonds is 4. The van der Waals surface area contributed by atoms with Crippen LogP contribution in [0.25, 0.3) is 0 Å². The largest absolute Gasteiger partial charge is 0.497 e. The predicted octanol–water partition coefficient (Wildman–Crippen LogP) is 4.71. The van der Waals surface area contributed by atoms with Crippen molar-refractivity contribution in [2.45, 2.75) is 31.6 Å². The minimum absolute atomic E-state index is 0.0987. The van der Waals surface area contributed by atoms with Crippen molar-refractivity contribution in [1.29, 1.82) is 0 Å². The highest BCUT2D eigenvalue weighted by molar-refractivity contribution is 6.03. The molecule has 0 aliphatic carbocycles. The lowest BCUT2D eigenvalue weighted by Crippen LogP contribution is -2.35. The summed E-state index contributed by atoms with van der Waals surface area (Å²) in [6.07, 6.45) is -3.43. The molecule has 4 rings (SSSR count). The van der Waals surface area contributed by atoms with Gasteiger partial charge in [-0.2, -0.15) is 18.3 Å². The molecule has 1 aliphatic heterocycles. The lowest BCUT2D eigenvalue weighted by molar-refractivity contribution is -0.174. The number of hydrogen-bond acceptors (Lipinski definition) is 5. The molecule has 0 saturated carbocycles. The molecular weight excluding hydrogens is 401 g/mol. The molecule has 10 heteroatoms. The van der Waals surface area contributed by atoms with Crippen LogP contribution in [0, 0.1) is 6.92 Å². The molecule has 30 heavy (non-hydrogen) atoms. The maximum absolute atomic E-state index is 13.7. The Morgan fingerprint density at radius 2 is 2.13 bits per heavy atom. The van der Waals surface area contributed by atoms with Crippen LogP contribution < -0.4 is 15.4 Å². The number of alkyl halides is 3. The Balaban J connectivity index is 1.62. The molecule has 2 atom stereocenters. The number of methoxy groups -OCH3 is 1. The number of carbonyl (C=O) groups excluding carboxylic acids is 1. The van der Waals surface area contributed by atoms with E-state index in [9.17, 15) is 18.0 Å². The third kappa shape index (κ3) is 3.72. The van der Waals surface area contributed by atoms with Crippen LogP contribution in [0.1, 0.15) is 40.3 Å². The van der Waals surface area contributed by atoms with Crippen molar-refractivity contribution in [3.8, 4) is 5.75 Å². The molecule has 0 unspecified atom stereocenters. The van der Waals surface area contributed by atoms with Crippen molar-refractivity contribution >= 4 is 17.4 Å². The number of hydrogen-bond donors (Lipinski definition) is 2. The van der Waals surface area contributed by atoms with Gasteiger partial charge in [-0.25, -0.2) is 4.68 Å². The zero-order valence-electron chi connectivity index (χ0n) is 16.2. The number of anilines is 2. The van der Waals surface area contributed by atoms with Gasteiger partial charge in [-0.3, -0.25) is 4.79 Å². The summed E-state index contributed by atoms with van der Waals surface area (Å²) in [5.74, 6) is 0.504. The van der Waals surface area contributed by atoms with Gasteiger partial charge in [-0.1, -0.05) is 0 Å². The average Bonchev–Trinajstić information content (AvgIpc) is 3.37. The van der Waals surface area contributed by atoms with Gasteiger partial charge >= 0.3 is 6.18 Å². The van der Waals surface area contributed by atoms with Crippen LogP contribution in [0.5, 0.6) is 5.75 Å². The zero-order chi connectivity index (χ0) is 21.5. The molecule has 1 aliphatic rings. The Hall–Kier alpha value is -3.43. The van der Waals surface area contributed by atoms with Gasteiger partial charge in [-0.15, -0.1) is 0 Å². The highest BCUT2D eigenvalue weighted by Crippen LogP contribution is 2.43. The summed E-state index contributed by atoms with van der Waals surface area (Å²) in [4.78, 5) is 12.7.